The summed E-state index contributed by atoms with van der Waals surface area (Å²) in [6, 6.07) is 1.15. The third-order valence-corrected chi connectivity index (χ3v) is 3.15. The quantitative estimate of drug-likeness (QED) is 0.285. The molecule has 8 nitrogen and oxygen atoms in total. The van der Waals surface area contributed by atoms with Crippen LogP contribution in [0.2, 0.25) is 0 Å². The van der Waals surface area contributed by atoms with Gasteiger partial charge in [0.05, 0.1) is 24.7 Å². The van der Waals surface area contributed by atoms with Gasteiger partial charge >= 0.3 is 0 Å². The number of nitrogens with two attached hydrogens (primary N) is 1. The molecule has 0 radical (unpaired) electrons. The van der Waals surface area contributed by atoms with Crippen LogP contribution in [0.25, 0.3) is 0 Å². The average Bonchev–Trinajstić information content (AvgIpc) is 2.86. The summed E-state index contributed by atoms with van der Waals surface area (Å²) in [5.41, 5.74) is 2.30. The Bertz CT molecular complexity index is 539. The fourth-order valence-electron chi connectivity index (χ4n) is 2.20. The van der Waals surface area contributed by atoms with Crippen LogP contribution >= 0.6 is 0 Å². The van der Waals surface area contributed by atoms with Crippen LogP contribution in [-0.4, -0.2) is 35.2 Å². The summed E-state index contributed by atoms with van der Waals surface area (Å²) < 4.78 is 5.25. The summed E-state index contributed by atoms with van der Waals surface area (Å²) in [7, 11) is 0. The first-order valence-electron chi connectivity index (χ1n) is 6.21. The van der Waals surface area contributed by atoms with E-state index in [1.165, 1.54) is 12.3 Å². The van der Waals surface area contributed by atoms with Crippen LogP contribution < -0.4 is 16.6 Å². The van der Waals surface area contributed by atoms with Gasteiger partial charge in [-0.25, -0.2) is 5.84 Å². The first kappa shape index (κ1) is 14.2. The minimum atomic E-state index is -0.459. The van der Waals surface area contributed by atoms with Crippen molar-refractivity contribution in [2.45, 2.75) is 25.9 Å². The predicted octanol–water partition coefficient (Wildman–Crippen LogP) is -0.880. The zero-order chi connectivity index (χ0) is 14.7. The van der Waals surface area contributed by atoms with Crippen molar-refractivity contribution in [3.05, 3.63) is 23.7 Å². The third kappa shape index (κ3) is 2.86. The van der Waals surface area contributed by atoms with Gasteiger partial charge in [-0.2, -0.15) is 0 Å². The highest BCUT2D eigenvalue weighted by molar-refractivity contribution is 6.01. The Labute approximate surface area is 115 Å². The maximum atomic E-state index is 11.7. The molecule has 1 aliphatic heterocycles. The first-order valence-corrected chi connectivity index (χ1v) is 6.21. The number of furan rings is 1. The highest BCUT2D eigenvalue weighted by atomic mass is 16.3. The second-order valence-electron chi connectivity index (χ2n) is 4.52. The molecule has 2 rings (SSSR count). The highest BCUT2D eigenvalue weighted by Crippen LogP contribution is 2.16. The number of hydrogen-bond donors (Lipinski definition) is 3. The van der Waals surface area contributed by atoms with Gasteiger partial charge in [-0.3, -0.25) is 30.0 Å². The van der Waals surface area contributed by atoms with Crippen LogP contribution in [0.15, 0.2) is 16.7 Å². The number of amides is 3. The molecule has 0 bridgehead atoms. The van der Waals surface area contributed by atoms with Crippen molar-refractivity contribution in [2.24, 2.45) is 5.84 Å². The molecule has 0 saturated carbocycles. The molecule has 1 aliphatic rings. The van der Waals surface area contributed by atoms with E-state index in [4.69, 9.17) is 10.3 Å². The van der Waals surface area contributed by atoms with Gasteiger partial charge in [0.2, 0.25) is 11.8 Å². The van der Waals surface area contributed by atoms with E-state index in [0.29, 0.717) is 17.7 Å². The Kier molecular flexibility index (Phi) is 4.16. The summed E-state index contributed by atoms with van der Waals surface area (Å²) in [5.74, 6) is 4.41. The minimum Gasteiger partial charge on any atom is -0.467 e. The number of imide groups is 1. The molecule has 1 atom stereocenters. The monoisotopic (exact) mass is 280 g/mol. The Balaban J connectivity index is 2.11. The van der Waals surface area contributed by atoms with Crippen LogP contribution in [0.5, 0.6) is 0 Å². The molecule has 0 aliphatic carbocycles. The highest BCUT2D eigenvalue weighted by Gasteiger charge is 2.32. The molecule has 0 spiro atoms. The van der Waals surface area contributed by atoms with E-state index in [1.807, 2.05) is 12.3 Å². The molecule has 3 amide bonds. The lowest BCUT2D eigenvalue weighted by Gasteiger charge is -2.32. The Hall–Kier alpha value is -2.19. The van der Waals surface area contributed by atoms with Crippen molar-refractivity contribution in [3.8, 4) is 0 Å². The summed E-state index contributed by atoms with van der Waals surface area (Å²) in [4.78, 5) is 36.1. The molecular formula is C12H16N4O4. The maximum absolute atomic E-state index is 11.7. The van der Waals surface area contributed by atoms with E-state index in [2.05, 4.69) is 5.32 Å². The number of carbonyl (C=O) groups excluding carboxylic acids is 3. The van der Waals surface area contributed by atoms with Gasteiger partial charge in [-0.05, 0) is 12.5 Å². The number of piperazine rings is 1. The smallest absolute Gasteiger partial charge is 0.268 e. The van der Waals surface area contributed by atoms with Crippen molar-refractivity contribution >= 4 is 17.7 Å². The van der Waals surface area contributed by atoms with Gasteiger partial charge in [-0.1, -0.05) is 6.92 Å². The first-order chi connectivity index (χ1) is 9.55. The number of hydrogen-bond acceptors (Lipinski definition) is 6. The molecular weight excluding hydrogens is 264 g/mol. The van der Waals surface area contributed by atoms with E-state index >= 15 is 0 Å². The number of nitrogens with zero attached hydrogens (tertiary/aromatic N) is 1. The molecule has 8 heteroatoms. The predicted molar refractivity (Wildman–Crippen MR) is 68.0 cm³/mol. The lowest BCUT2D eigenvalue weighted by Crippen LogP contribution is -2.57. The Morgan fingerprint density at radius 3 is 3.00 bits per heavy atom. The van der Waals surface area contributed by atoms with Crippen LogP contribution in [0.1, 0.15) is 29.5 Å². The lowest BCUT2D eigenvalue weighted by atomic mass is 10.1. The van der Waals surface area contributed by atoms with E-state index in [1.54, 1.807) is 4.90 Å². The van der Waals surface area contributed by atoms with E-state index in [9.17, 15) is 14.4 Å². The van der Waals surface area contributed by atoms with Crippen molar-refractivity contribution in [3.63, 3.8) is 0 Å². The molecule has 108 valence electrons. The van der Waals surface area contributed by atoms with E-state index in [-0.39, 0.29) is 30.9 Å². The Morgan fingerprint density at radius 1 is 1.60 bits per heavy atom. The maximum Gasteiger partial charge on any atom is 0.268 e. The average molecular weight is 280 g/mol. The summed E-state index contributed by atoms with van der Waals surface area (Å²) >= 11 is 0. The minimum absolute atomic E-state index is 0.114. The molecule has 1 aromatic heterocycles. The van der Waals surface area contributed by atoms with Crippen molar-refractivity contribution in [1.82, 2.24) is 15.6 Å². The SMILES string of the molecule is CCC1C(=O)NC(=O)CN1Cc1cc(C(=O)NN)co1. The fourth-order valence-corrected chi connectivity index (χ4v) is 2.20. The van der Waals surface area contributed by atoms with Gasteiger partial charge in [0.1, 0.15) is 12.0 Å². The third-order valence-electron chi connectivity index (χ3n) is 3.15. The van der Waals surface area contributed by atoms with Gasteiger partial charge in [0.25, 0.3) is 5.91 Å². The van der Waals surface area contributed by atoms with E-state index < -0.39 is 5.91 Å². The Morgan fingerprint density at radius 2 is 2.35 bits per heavy atom. The van der Waals surface area contributed by atoms with Crippen LogP contribution in [-0.2, 0) is 16.1 Å². The second-order valence-corrected chi connectivity index (χ2v) is 4.52. The molecule has 1 unspecified atom stereocenters. The van der Waals surface area contributed by atoms with Crippen molar-refractivity contribution < 1.29 is 18.8 Å². The van der Waals surface area contributed by atoms with Crippen molar-refractivity contribution in [2.75, 3.05) is 6.54 Å². The molecule has 2 heterocycles. The lowest BCUT2D eigenvalue weighted by molar-refractivity contribution is -0.140. The number of carbonyl (C=O) groups is 3. The second kappa shape index (κ2) is 5.85. The largest absolute Gasteiger partial charge is 0.467 e. The molecule has 1 fully saturated rings. The molecule has 20 heavy (non-hydrogen) atoms. The summed E-state index contributed by atoms with van der Waals surface area (Å²) in [6.07, 6.45) is 1.86. The fraction of sp³-hybridized carbons (Fsp3) is 0.417. The van der Waals surface area contributed by atoms with Gasteiger partial charge < -0.3 is 4.42 Å². The number of nitrogen functional groups attached to an aromatic ring is 1. The van der Waals surface area contributed by atoms with Crippen LogP contribution in [0.3, 0.4) is 0 Å². The zero-order valence-electron chi connectivity index (χ0n) is 11.0. The zero-order valence-corrected chi connectivity index (χ0v) is 11.0. The standard InChI is InChI=1S/C12H16N4O4/c1-2-9-12(19)14-10(17)5-16(9)4-8-3-7(6-20-8)11(18)15-13/h3,6,9H,2,4-5,13H2,1H3,(H,15,18)(H,14,17,19). The van der Waals surface area contributed by atoms with Gasteiger partial charge in [0, 0.05) is 0 Å². The molecule has 0 aromatic carbocycles. The number of hydrazine groups is 1. The number of nitrogens with one attached hydrogen (secondary N) is 2. The van der Waals surface area contributed by atoms with Crippen LogP contribution in [0.4, 0.5) is 0 Å². The molecule has 1 aromatic rings. The normalized spacial score (nSPS) is 19.8. The molecule has 1 saturated heterocycles. The molecule has 4 N–H and O–H groups in total. The van der Waals surface area contributed by atoms with Gasteiger partial charge in [-0.15, -0.1) is 0 Å². The summed E-state index contributed by atoms with van der Waals surface area (Å²) in [5, 5.41) is 2.30. The van der Waals surface area contributed by atoms with Crippen LogP contribution in [0, 0.1) is 0 Å². The van der Waals surface area contributed by atoms with Crippen molar-refractivity contribution in [1.29, 1.82) is 0 Å². The summed E-state index contributed by atoms with van der Waals surface area (Å²) in [6.45, 7) is 2.25. The number of rotatable bonds is 4. The topological polar surface area (TPSA) is 118 Å². The van der Waals surface area contributed by atoms with E-state index in [0.717, 1.165) is 0 Å². The van der Waals surface area contributed by atoms with Gasteiger partial charge in [0.15, 0.2) is 0 Å².